The molecule has 13 heteroatoms. The monoisotopic (exact) mass is 755 g/mol. The Morgan fingerprint density at radius 1 is 1.02 bits per heavy atom. The Kier molecular flexibility index (Phi) is 11.2. The van der Waals surface area contributed by atoms with E-state index in [-0.39, 0.29) is 21.8 Å². The molecule has 10 nitrogen and oxygen atoms in total. The summed E-state index contributed by atoms with van der Waals surface area (Å²) in [6.07, 6.45) is 1.22. The molecule has 1 saturated heterocycles. The first-order chi connectivity index (χ1) is 20.8. The third-order valence-electron chi connectivity index (χ3n) is 7.52. The molecule has 0 aliphatic carbocycles. The number of aliphatic carboxylic acids is 1. The van der Waals surface area contributed by atoms with E-state index in [0.29, 0.717) is 30.0 Å². The van der Waals surface area contributed by atoms with Crippen LogP contribution in [0, 0.1) is 6.92 Å². The fraction of sp³-hybridized carbons (Fsp3) is 0.355. The van der Waals surface area contributed by atoms with Gasteiger partial charge in [-0.2, -0.15) is 0 Å². The van der Waals surface area contributed by atoms with Crippen LogP contribution in [0.15, 0.2) is 77.7 Å². The van der Waals surface area contributed by atoms with Crippen molar-refractivity contribution >= 4 is 31.6 Å². The summed E-state index contributed by atoms with van der Waals surface area (Å²) in [5, 5.41) is 11.6. The molecule has 2 N–H and O–H groups in total. The number of aryl methyl sites for hydroxylation is 1. The van der Waals surface area contributed by atoms with Crippen LogP contribution in [0.3, 0.4) is 0 Å². The van der Waals surface area contributed by atoms with Gasteiger partial charge in [-0.3, -0.25) is 0 Å². The Morgan fingerprint density at radius 3 is 2.34 bits per heavy atom. The molecule has 0 unspecified atom stereocenters. The van der Waals surface area contributed by atoms with Gasteiger partial charge in [-0.15, -0.1) is 0 Å². The molecule has 0 spiro atoms. The molecule has 0 aromatic heterocycles. The number of likely N-dealkylation sites (tertiary alicyclic amines) is 1. The number of sulfone groups is 2. The molecule has 0 saturated carbocycles. The van der Waals surface area contributed by atoms with Gasteiger partial charge >= 0.3 is 246 Å². The Hall–Kier alpha value is -2.85. The summed E-state index contributed by atoms with van der Waals surface area (Å²) in [5.74, 6) is -2.33. The van der Waals surface area contributed by atoms with Crippen LogP contribution in [0.4, 0.5) is 0 Å². The molecule has 1 aliphatic rings. The Balaban J connectivity index is 1.64. The van der Waals surface area contributed by atoms with Gasteiger partial charge in [0.15, 0.2) is 0 Å². The third-order valence-corrected chi connectivity index (χ3v) is 13.0. The van der Waals surface area contributed by atoms with Crippen LogP contribution >= 0.6 is 0 Å². The second-order valence-electron chi connectivity index (χ2n) is 10.8. The quantitative estimate of drug-likeness (QED) is 0.143. The van der Waals surface area contributed by atoms with E-state index >= 15 is 0 Å². The topological polar surface area (TPSA) is 147 Å². The third kappa shape index (κ3) is 8.44. The fourth-order valence-corrected chi connectivity index (χ4v) is 10.2. The van der Waals surface area contributed by atoms with Crippen molar-refractivity contribution in [1.29, 1.82) is 0 Å². The van der Waals surface area contributed by atoms with E-state index in [1.54, 1.807) is 49.6 Å². The molecule has 1 fully saturated rings. The zero-order chi connectivity index (χ0) is 32.1. The van der Waals surface area contributed by atoms with Gasteiger partial charge in [-0.05, 0) is 0 Å². The van der Waals surface area contributed by atoms with Crippen LogP contribution in [0.2, 0.25) is 0 Å². The van der Waals surface area contributed by atoms with Crippen molar-refractivity contribution in [3.8, 4) is 11.1 Å². The van der Waals surface area contributed by atoms with Crippen LogP contribution in [-0.2, 0) is 34.1 Å². The molecular formula is C31H36IN2O8S2-. The number of nitrogens with zero attached hydrogens (tertiary/aromatic N) is 1. The standard InChI is InChI=1S/C31H36IN2O8S2/c1-21-9-7-8-12-25(21)27-17-22(13-14-26(27)30(35)33-28(31(36)37)15-16-43(3,38)39)19-34-20-24(18-29(34)32-42-2)44(40,41)23-10-5-4-6-11-23/h4-14,17,24,28-29H,15-16,18-20H2,1-3H3,(H,33,35)(H,36,37)/q-1/t24-,28+,29+/m1/s1. The summed E-state index contributed by atoms with van der Waals surface area (Å²) in [4.78, 5) is 27.7. The van der Waals surface area contributed by atoms with Crippen molar-refractivity contribution in [2.75, 3.05) is 25.7 Å². The number of halogens is 1. The average molecular weight is 756 g/mol. The number of carboxylic acid groups (broad SMARTS) is 1. The second-order valence-corrected chi connectivity index (χ2v) is 18.1. The molecule has 3 aromatic rings. The summed E-state index contributed by atoms with van der Waals surface area (Å²) < 4.78 is 55.7. The van der Waals surface area contributed by atoms with Gasteiger partial charge in [0.25, 0.3) is 0 Å². The maximum absolute atomic E-state index is 13.5. The maximum atomic E-state index is 13.5. The van der Waals surface area contributed by atoms with E-state index < -0.39 is 64.5 Å². The summed E-state index contributed by atoms with van der Waals surface area (Å²) in [5.41, 5.74) is 3.39. The molecule has 4 rings (SSSR count). The van der Waals surface area contributed by atoms with Gasteiger partial charge in [-0.25, -0.2) is 8.42 Å². The van der Waals surface area contributed by atoms with Crippen LogP contribution in [-0.4, -0.2) is 79.7 Å². The Bertz CT molecular complexity index is 1720. The van der Waals surface area contributed by atoms with Crippen molar-refractivity contribution in [1.82, 2.24) is 10.2 Å². The summed E-state index contributed by atoms with van der Waals surface area (Å²) in [7, 11) is -5.34. The van der Waals surface area contributed by atoms with E-state index in [1.807, 2.05) is 37.3 Å². The van der Waals surface area contributed by atoms with E-state index in [4.69, 9.17) is 3.07 Å². The van der Waals surface area contributed by atoms with Gasteiger partial charge in [0, 0.05) is 6.26 Å². The van der Waals surface area contributed by atoms with Gasteiger partial charge in [0.2, 0.25) is 0 Å². The number of carbonyl (C=O) groups is 2. The first-order valence-corrected chi connectivity index (χ1v) is 19.6. The number of benzene rings is 3. The Labute approximate surface area is 269 Å². The van der Waals surface area contributed by atoms with Crippen molar-refractivity contribution in [2.24, 2.45) is 0 Å². The van der Waals surface area contributed by atoms with Gasteiger partial charge in [-0.1, -0.05) is 0 Å². The predicted octanol–water partition coefficient (Wildman–Crippen LogP) is 0.304. The number of alkyl halides is 1. The molecule has 1 heterocycles. The first kappa shape index (κ1) is 34.0. The number of rotatable bonds is 13. The number of amides is 1. The number of nitrogens with one attached hydrogen (secondary N) is 1. The zero-order valence-electron chi connectivity index (χ0n) is 24.6. The van der Waals surface area contributed by atoms with E-state index in [1.165, 1.54) is 0 Å². The molecule has 3 atom stereocenters. The summed E-state index contributed by atoms with van der Waals surface area (Å²) in [6, 6.07) is 19.9. The second kappa shape index (κ2) is 14.5. The predicted molar refractivity (Wildman–Crippen MR) is 163 cm³/mol. The van der Waals surface area contributed by atoms with E-state index in [0.717, 1.165) is 22.9 Å². The van der Waals surface area contributed by atoms with E-state index in [9.17, 15) is 31.5 Å². The summed E-state index contributed by atoms with van der Waals surface area (Å²) in [6.45, 7) is 2.68. The van der Waals surface area contributed by atoms with Gasteiger partial charge in [0.1, 0.15) is 9.84 Å². The molecule has 0 bridgehead atoms. The van der Waals surface area contributed by atoms with Crippen molar-refractivity contribution < 1.29 is 56.2 Å². The van der Waals surface area contributed by atoms with E-state index in [2.05, 4.69) is 10.2 Å². The first-order valence-electron chi connectivity index (χ1n) is 13.9. The molecule has 44 heavy (non-hydrogen) atoms. The molecule has 0 radical (unpaired) electrons. The Morgan fingerprint density at radius 2 is 1.70 bits per heavy atom. The van der Waals surface area contributed by atoms with Crippen molar-refractivity contribution in [2.45, 2.75) is 46.5 Å². The number of carbonyl (C=O) groups excluding carboxylic acids is 1. The fourth-order valence-electron chi connectivity index (χ4n) is 5.25. The minimum atomic E-state index is -3.54. The molecule has 238 valence electrons. The van der Waals surface area contributed by atoms with Crippen LogP contribution in [0.1, 0.15) is 34.3 Å². The van der Waals surface area contributed by atoms with Gasteiger partial charge < -0.3 is 0 Å². The molecule has 1 amide bonds. The number of hydrogen-bond donors (Lipinski definition) is 2. The normalized spacial score (nSPS) is 18.2. The van der Waals surface area contributed by atoms with Gasteiger partial charge in [0.05, 0.1) is 0 Å². The van der Waals surface area contributed by atoms with Crippen molar-refractivity contribution in [3.63, 3.8) is 0 Å². The molecular weight excluding hydrogens is 719 g/mol. The number of carboxylic acids is 1. The van der Waals surface area contributed by atoms with Crippen molar-refractivity contribution in [3.05, 3.63) is 89.5 Å². The van der Waals surface area contributed by atoms with Crippen LogP contribution < -0.4 is 26.9 Å². The van der Waals surface area contributed by atoms with Crippen LogP contribution in [0.5, 0.6) is 0 Å². The summed E-state index contributed by atoms with van der Waals surface area (Å²) >= 11 is -0.765. The molecule has 3 aromatic carbocycles. The zero-order valence-corrected chi connectivity index (χ0v) is 28.4. The minimum absolute atomic E-state index is 0.0293. The average Bonchev–Trinajstić information content (AvgIpc) is 3.38. The molecule has 1 aliphatic heterocycles. The number of hydrogen-bond acceptors (Lipinski definition) is 8. The SMILES string of the molecule is CO[I-][C@@H]1C[C@@H](S(=O)(=O)c2ccccc2)CN1Cc1ccc(C(=O)N[C@@H](CCS(C)(=O)=O)C(=O)O)c(-c2ccccc2C)c1. The van der Waals surface area contributed by atoms with Crippen LogP contribution in [0.25, 0.3) is 11.1 Å².